The standard InChI is InChI=1S/C15H19N3.ClH/c1-2-3-7-11-16-14-10-12-18(17-13-14)15-8-5-4-6-9-15;/h4-6,8-10,12-13H,2-3,7,11H2,1H3;1H. The molecule has 0 fully saturated rings. The van der Waals surface area contributed by atoms with Gasteiger partial charge in [-0.25, -0.2) is 4.68 Å². The lowest BCUT2D eigenvalue weighted by Gasteiger charge is -2.03. The Hall–Kier alpha value is -1.61. The van der Waals surface area contributed by atoms with Crippen LogP contribution in [0.1, 0.15) is 26.2 Å². The van der Waals surface area contributed by atoms with Crippen LogP contribution in [0.15, 0.2) is 53.8 Å². The number of hydrogen-bond donors (Lipinski definition) is 0. The van der Waals surface area contributed by atoms with Crippen molar-refractivity contribution >= 4 is 12.4 Å². The minimum atomic E-state index is 0. The van der Waals surface area contributed by atoms with E-state index in [4.69, 9.17) is 0 Å². The second kappa shape index (κ2) is 8.48. The summed E-state index contributed by atoms with van der Waals surface area (Å²) in [6.45, 7) is 3.09. The molecule has 0 aliphatic rings. The highest BCUT2D eigenvalue weighted by Gasteiger charge is 1.92. The van der Waals surface area contributed by atoms with Crippen LogP contribution < -0.4 is 5.36 Å². The van der Waals surface area contributed by atoms with Crippen molar-refractivity contribution in [1.82, 2.24) is 9.78 Å². The highest BCUT2D eigenvalue weighted by Crippen LogP contribution is 2.02. The number of unbranched alkanes of at least 4 members (excludes halogenated alkanes) is 2. The molecule has 0 saturated heterocycles. The molecule has 102 valence electrons. The lowest BCUT2D eigenvalue weighted by atomic mass is 10.2. The Balaban J connectivity index is 0.00000180. The van der Waals surface area contributed by atoms with Gasteiger partial charge in [-0.15, -0.1) is 12.4 Å². The summed E-state index contributed by atoms with van der Waals surface area (Å²) in [6.07, 6.45) is 7.40. The predicted octanol–water partition coefficient (Wildman–Crippen LogP) is 3.39. The molecule has 19 heavy (non-hydrogen) atoms. The van der Waals surface area contributed by atoms with Crippen LogP contribution in [0.3, 0.4) is 0 Å². The molecule has 0 atom stereocenters. The number of aromatic nitrogens is 2. The van der Waals surface area contributed by atoms with Gasteiger partial charge in [-0.1, -0.05) is 38.0 Å². The zero-order valence-electron chi connectivity index (χ0n) is 11.2. The average molecular weight is 278 g/mol. The van der Waals surface area contributed by atoms with Crippen LogP contribution in [0.4, 0.5) is 0 Å². The molecule has 0 bridgehead atoms. The predicted molar refractivity (Wildman–Crippen MR) is 80.8 cm³/mol. The van der Waals surface area contributed by atoms with Crippen LogP contribution in [-0.4, -0.2) is 16.3 Å². The second-order valence-corrected chi connectivity index (χ2v) is 4.25. The molecule has 0 amide bonds. The van der Waals surface area contributed by atoms with E-state index in [0.717, 1.165) is 24.0 Å². The van der Waals surface area contributed by atoms with Crippen molar-refractivity contribution in [1.29, 1.82) is 0 Å². The number of nitrogens with zero attached hydrogens (tertiary/aromatic N) is 3. The Bertz CT molecular complexity index is 514. The van der Waals surface area contributed by atoms with Crippen LogP contribution in [0.25, 0.3) is 5.69 Å². The molecule has 2 aromatic rings. The smallest absolute Gasteiger partial charge is 0.0790 e. The third kappa shape index (κ3) is 4.87. The molecule has 1 aromatic heterocycles. The lowest BCUT2D eigenvalue weighted by Crippen LogP contribution is -2.09. The fourth-order valence-corrected chi connectivity index (χ4v) is 1.75. The summed E-state index contributed by atoms with van der Waals surface area (Å²) >= 11 is 0. The SMILES string of the molecule is CCCCCN=c1ccn(-c2ccccc2)nc1.Cl. The molecule has 0 N–H and O–H groups in total. The molecule has 2 rings (SSSR count). The van der Waals surface area contributed by atoms with E-state index in [9.17, 15) is 0 Å². The highest BCUT2D eigenvalue weighted by molar-refractivity contribution is 5.85. The van der Waals surface area contributed by atoms with Gasteiger partial charge in [0, 0.05) is 12.7 Å². The minimum Gasteiger partial charge on any atom is -0.284 e. The summed E-state index contributed by atoms with van der Waals surface area (Å²) in [7, 11) is 0. The van der Waals surface area contributed by atoms with Crippen molar-refractivity contribution in [3.05, 3.63) is 54.1 Å². The van der Waals surface area contributed by atoms with Crippen molar-refractivity contribution in [2.75, 3.05) is 6.54 Å². The Labute approximate surface area is 120 Å². The van der Waals surface area contributed by atoms with Gasteiger partial charge in [-0.2, -0.15) is 5.10 Å². The molecule has 1 aromatic carbocycles. The van der Waals surface area contributed by atoms with Gasteiger partial charge in [-0.05, 0) is 24.6 Å². The molecule has 0 aliphatic heterocycles. The van der Waals surface area contributed by atoms with Crippen LogP contribution in [0.5, 0.6) is 0 Å². The van der Waals surface area contributed by atoms with Gasteiger partial charge in [0.15, 0.2) is 0 Å². The van der Waals surface area contributed by atoms with Gasteiger partial charge in [0.1, 0.15) is 0 Å². The summed E-state index contributed by atoms with van der Waals surface area (Å²) in [5, 5.41) is 5.33. The van der Waals surface area contributed by atoms with E-state index in [-0.39, 0.29) is 12.4 Å². The molecular weight excluding hydrogens is 258 g/mol. The van der Waals surface area contributed by atoms with Crippen molar-refractivity contribution in [3.63, 3.8) is 0 Å². The van der Waals surface area contributed by atoms with Crippen LogP contribution in [0, 0.1) is 0 Å². The number of rotatable bonds is 5. The maximum absolute atomic E-state index is 4.50. The largest absolute Gasteiger partial charge is 0.284 e. The number of benzene rings is 1. The summed E-state index contributed by atoms with van der Waals surface area (Å²) in [5.74, 6) is 0. The highest BCUT2D eigenvalue weighted by atomic mass is 35.5. The van der Waals surface area contributed by atoms with Crippen molar-refractivity contribution in [2.24, 2.45) is 4.99 Å². The fourth-order valence-electron chi connectivity index (χ4n) is 1.75. The summed E-state index contributed by atoms with van der Waals surface area (Å²) in [4.78, 5) is 4.50. The summed E-state index contributed by atoms with van der Waals surface area (Å²) in [6, 6.07) is 12.1. The molecule has 0 spiro atoms. The molecular formula is C15H20ClN3. The van der Waals surface area contributed by atoms with Crippen LogP contribution >= 0.6 is 12.4 Å². The molecule has 0 saturated carbocycles. The summed E-state index contributed by atoms with van der Waals surface area (Å²) in [5.41, 5.74) is 1.06. The quantitative estimate of drug-likeness (QED) is 0.771. The first kappa shape index (κ1) is 15.4. The Kier molecular flexibility index (Phi) is 6.90. The van der Waals surface area contributed by atoms with Crippen LogP contribution in [0.2, 0.25) is 0 Å². The first-order valence-electron chi connectivity index (χ1n) is 6.51. The van der Waals surface area contributed by atoms with E-state index in [2.05, 4.69) is 17.0 Å². The van der Waals surface area contributed by atoms with E-state index in [1.54, 1.807) is 0 Å². The van der Waals surface area contributed by atoms with Crippen molar-refractivity contribution < 1.29 is 0 Å². The van der Waals surface area contributed by atoms with Crippen molar-refractivity contribution in [2.45, 2.75) is 26.2 Å². The first-order chi connectivity index (χ1) is 8.90. The van der Waals surface area contributed by atoms with Crippen molar-refractivity contribution in [3.8, 4) is 5.69 Å². The van der Waals surface area contributed by atoms with Crippen LogP contribution in [-0.2, 0) is 0 Å². The number of hydrogen-bond acceptors (Lipinski definition) is 2. The molecule has 1 heterocycles. The van der Waals surface area contributed by atoms with Gasteiger partial charge >= 0.3 is 0 Å². The Morgan fingerprint density at radius 3 is 2.53 bits per heavy atom. The maximum Gasteiger partial charge on any atom is 0.0790 e. The second-order valence-electron chi connectivity index (χ2n) is 4.25. The molecule has 4 heteroatoms. The number of para-hydroxylation sites is 1. The molecule has 0 unspecified atom stereocenters. The van der Waals surface area contributed by atoms with E-state index in [0.29, 0.717) is 0 Å². The molecule has 0 aliphatic carbocycles. The van der Waals surface area contributed by atoms with E-state index in [1.807, 2.05) is 53.5 Å². The zero-order valence-corrected chi connectivity index (χ0v) is 12.0. The third-order valence-corrected chi connectivity index (χ3v) is 2.78. The Morgan fingerprint density at radius 2 is 1.89 bits per heavy atom. The fraction of sp³-hybridized carbons (Fsp3) is 0.333. The lowest BCUT2D eigenvalue weighted by molar-refractivity contribution is 0.718. The van der Waals surface area contributed by atoms with Gasteiger partial charge in [-0.3, -0.25) is 4.99 Å². The van der Waals surface area contributed by atoms with E-state index < -0.39 is 0 Å². The van der Waals surface area contributed by atoms with Gasteiger partial charge in [0.05, 0.1) is 17.2 Å². The van der Waals surface area contributed by atoms with E-state index >= 15 is 0 Å². The monoisotopic (exact) mass is 277 g/mol. The minimum absolute atomic E-state index is 0. The first-order valence-corrected chi connectivity index (χ1v) is 6.51. The number of halogens is 1. The zero-order chi connectivity index (χ0) is 12.6. The molecule has 3 nitrogen and oxygen atoms in total. The van der Waals surface area contributed by atoms with E-state index in [1.165, 1.54) is 12.8 Å². The van der Waals surface area contributed by atoms with Gasteiger partial charge < -0.3 is 0 Å². The average Bonchev–Trinajstić information content (AvgIpc) is 2.45. The topological polar surface area (TPSA) is 30.2 Å². The third-order valence-electron chi connectivity index (χ3n) is 2.78. The normalized spacial score (nSPS) is 11.1. The van der Waals surface area contributed by atoms with Gasteiger partial charge in [0.2, 0.25) is 0 Å². The van der Waals surface area contributed by atoms with Gasteiger partial charge in [0.25, 0.3) is 0 Å². The summed E-state index contributed by atoms with van der Waals surface area (Å²) < 4.78 is 1.85. The maximum atomic E-state index is 4.50. The Morgan fingerprint density at radius 1 is 1.11 bits per heavy atom. The molecule has 0 radical (unpaired) electrons.